The molecule has 2 N–H and O–H groups in total. The molecule has 1 aliphatic heterocycles. The number of hydrogen-bond acceptors (Lipinski definition) is 3. The summed E-state index contributed by atoms with van der Waals surface area (Å²) in [5, 5.41) is 0. The van der Waals surface area contributed by atoms with E-state index in [0.717, 1.165) is 39.1 Å². The fraction of sp³-hybridized carbons (Fsp3) is 0.600. The van der Waals surface area contributed by atoms with Gasteiger partial charge in [-0.1, -0.05) is 30.3 Å². The molecular weight excluding hydrogens is 224 g/mol. The Balaban J connectivity index is 1.94. The number of rotatable bonds is 5. The van der Waals surface area contributed by atoms with Crippen molar-refractivity contribution in [1.82, 2.24) is 4.90 Å². The van der Waals surface area contributed by atoms with Crippen LogP contribution in [0.1, 0.15) is 18.9 Å². The van der Waals surface area contributed by atoms with Crippen LogP contribution in [0, 0.1) is 0 Å². The molecule has 0 bridgehead atoms. The van der Waals surface area contributed by atoms with Crippen LogP contribution < -0.4 is 5.73 Å². The van der Waals surface area contributed by atoms with Crippen molar-refractivity contribution < 1.29 is 4.74 Å². The summed E-state index contributed by atoms with van der Waals surface area (Å²) in [6.07, 6.45) is 2.19. The normalized spacial score (nSPS) is 20.6. The van der Waals surface area contributed by atoms with Gasteiger partial charge in [-0.25, -0.2) is 0 Å². The number of hydrogen-bond donors (Lipinski definition) is 1. The summed E-state index contributed by atoms with van der Waals surface area (Å²) in [6.45, 7) is 6.66. The van der Waals surface area contributed by atoms with E-state index in [1.807, 2.05) is 0 Å². The summed E-state index contributed by atoms with van der Waals surface area (Å²) in [7, 11) is 0. The zero-order chi connectivity index (χ0) is 12.8. The second kappa shape index (κ2) is 6.32. The maximum absolute atomic E-state index is 6.02. The van der Waals surface area contributed by atoms with E-state index >= 15 is 0 Å². The standard InChI is InChI=1S/C15H24N2O/c1-15(13-16,17-9-11-18-12-10-17)8-7-14-5-3-2-4-6-14/h2-6H,7-13,16H2,1H3. The Bertz CT molecular complexity index is 349. The van der Waals surface area contributed by atoms with Gasteiger partial charge in [-0.2, -0.15) is 0 Å². The highest BCUT2D eigenvalue weighted by molar-refractivity contribution is 5.15. The van der Waals surface area contributed by atoms with E-state index in [4.69, 9.17) is 10.5 Å². The van der Waals surface area contributed by atoms with Crippen molar-refractivity contribution in [2.75, 3.05) is 32.8 Å². The van der Waals surface area contributed by atoms with Gasteiger partial charge in [-0.3, -0.25) is 4.90 Å². The maximum Gasteiger partial charge on any atom is 0.0594 e. The largest absolute Gasteiger partial charge is 0.379 e. The number of morpholine rings is 1. The van der Waals surface area contributed by atoms with Crippen molar-refractivity contribution >= 4 is 0 Å². The second-order valence-electron chi connectivity index (χ2n) is 5.29. The van der Waals surface area contributed by atoms with E-state index in [-0.39, 0.29) is 5.54 Å². The van der Waals surface area contributed by atoms with Crippen LogP contribution in [-0.2, 0) is 11.2 Å². The molecule has 0 radical (unpaired) electrons. The van der Waals surface area contributed by atoms with Gasteiger partial charge in [0.15, 0.2) is 0 Å². The number of nitrogens with zero attached hydrogens (tertiary/aromatic N) is 1. The third-order valence-electron chi connectivity index (χ3n) is 4.01. The molecule has 100 valence electrons. The minimum Gasteiger partial charge on any atom is -0.379 e. The molecule has 0 saturated carbocycles. The number of nitrogens with two attached hydrogens (primary N) is 1. The summed E-state index contributed by atoms with van der Waals surface area (Å²) in [5.74, 6) is 0. The van der Waals surface area contributed by atoms with Crippen LogP contribution in [0.15, 0.2) is 30.3 Å². The quantitative estimate of drug-likeness (QED) is 0.861. The van der Waals surface area contributed by atoms with Crippen LogP contribution in [0.2, 0.25) is 0 Å². The molecule has 1 heterocycles. The second-order valence-corrected chi connectivity index (χ2v) is 5.29. The molecule has 1 unspecified atom stereocenters. The van der Waals surface area contributed by atoms with Gasteiger partial charge in [0.2, 0.25) is 0 Å². The molecule has 18 heavy (non-hydrogen) atoms. The lowest BCUT2D eigenvalue weighted by molar-refractivity contribution is -0.0160. The van der Waals surface area contributed by atoms with Crippen LogP contribution in [0.25, 0.3) is 0 Å². The summed E-state index contributed by atoms with van der Waals surface area (Å²) in [5.41, 5.74) is 7.51. The highest BCUT2D eigenvalue weighted by Gasteiger charge is 2.31. The maximum atomic E-state index is 6.02. The SMILES string of the molecule is CC(CN)(CCc1ccccc1)N1CCOCC1. The lowest BCUT2D eigenvalue weighted by atomic mass is 9.91. The van der Waals surface area contributed by atoms with Gasteiger partial charge < -0.3 is 10.5 Å². The Morgan fingerprint density at radius 3 is 2.50 bits per heavy atom. The molecule has 3 nitrogen and oxygen atoms in total. The first kappa shape index (κ1) is 13.5. The van der Waals surface area contributed by atoms with Gasteiger partial charge in [0.1, 0.15) is 0 Å². The molecule has 1 saturated heterocycles. The van der Waals surface area contributed by atoms with E-state index < -0.39 is 0 Å². The lowest BCUT2D eigenvalue weighted by Gasteiger charge is -2.43. The van der Waals surface area contributed by atoms with Crippen LogP contribution in [0.5, 0.6) is 0 Å². The van der Waals surface area contributed by atoms with E-state index in [1.165, 1.54) is 5.56 Å². The third-order valence-corrected chi connectivity index (χ3v) is 4.01. The summed E-state index contributed by atoms with van der Waals surface area (Å²) in [4.78, 5) is 2.49. The third kappa shape index (κ3) is 3.31. The Morgan fingerprint density at radius 1 is 1.22 bits per heavy atom. The van der Waals surface area contributed by atoms with Crippen LogP contribution in [-0.4, -0.2) is 43.3 Å². The smallest absolute Gasteiger partial charge is 0.0594 e. The molecule has 3 heteroatoms. The van der Waals surface area contributed by atoms with Gasteiger partial charge in [-0.05, 0) is 25.3 Å². The predicted molar refractivity (Wildman–Crippen MR) is 74.6 cm³/mol. The lowest BCUT2D eigenvalue weighted by Crippen LogP contribution is -2.55. The summed E-state index contributed by atoms with van der Waals surface area (Å²) in [6, 6.07) is 10.6. The first-order chi connectivity index (χ1) is 8.74. The van der Waals surface area contributed by atoms with Crippen molar-refractivity contribution in [1.29, 1.82) is 0 Å². The van der Waals surface area contributed by atoms with E-state index in [0.29, 0.717) is 6.54 Å². The number of benzene rings is 1. The average molecular weight is 248 g/mol. The Hall–Kier alpha value is -0.900. The highest BCUT2D eigenvalue weighted by Crippen LogP contribution is 2.22. The number of aryl methyl sites for hydroxylation is 1. The monoisotopic (exact) mass is 248 g/mol. The molecule has 2 rings (SSSR count). The molecule has 1 fully saturated rings. The molecule has 0 amide bonds. The van der Waals surface area contributed by atoms with E-state index in [2.05, 4.69) is 42.2 Å². The summed E-state index contributed by atoms with van der Waals surface area (Å²) < 4.78 is 5.42. The summed E-state index contributed by atoms with van der Waals surface area (Å²) >= 11 is 0. The van der Waals surface area contributed by atoms with Crippen LogP contribution in [0.3, 0.4) is 0 Å². The fourth-order valence-corrected chi connectivity index (χ4v) is 2.55. The molecule has 1 aromatic rings. The van der Waals surface area contributed by atoms with Crippen LogP contribution in [0.4, 0.5) is 0 Å². The van der Waals surface area contributed by atoms with E-state index in [1.54, 1.807) is 0 Å². The van der Waals surface area contributed by atoms with Gasteiger partial charge in [0, 0.05) is 25.2 Å². The zero-order valence-corrected chi connectivity index (χ0v) is 11.3. The fourth-order valence-electron chi connectivity index (χ4n) is 2.55. The minimum absolute atomic E-state index is 0.0968. The van der Waals surface area contributed by atoms with E-state index in [9.17, 15) is 0 Å². The Kier molecular flexibility index (Phi) is 4.75. The van der Waals surface area contributed by atoms with Crippen molar-refractivity contribution in [3.05, 3.63) is 35.9 Å². The first-order valence-electron chi connectivity index (χ1n) is 6.81. The molecular formula is C15H24N2O. The molecule has 1 aromatic carbocycles. The van der Waals surface area contributed by atoms with Crippen molar-refractivity contribution in [3.8, 4) is 0 Å². The topological polar surface area (TPSA) is 38.5 Å². The molecule has 0 aromatic heterocycles. The van der Waals surface area contributed by atoms with Gasteiger partial charge in [-0.15, -0.1) is 0 Å². The first-order valence-corrected chi connectivity index (χ1v) is 6.81. The zero-order valence-electron chi connectivity index (χ0n) is 11.3. The molecule has 1 atom stereocenters. The molecule has 1 aliphatic rings. The Labute approximate surface area is 110 Å². The van der Waals surface area contributed by atoms with Crippen molar-refractivity contribution in [2.45, 2.75) is 25.3 Å². The number of ether oxygens (including phenoxy) is 1. The predicted octanol–water partition coefficient (Wildman–Crippen LogP) is 1.67. The van der Waals surface area contributed by atoms with Gasteiger partial charge in [0.25, 0.3) is 0 Å². The molecule has 0 aliphatic carbocycles. The van der Waals surface area contributed by atoms with Gasteiger partial charge >= 0.3 is 0 Å². The van der Waals surface area contributed by atoms with Crippen molar-refractivity contribution in [3.63, 3.8) is 0 Å². The highest BCUT2D eigenvalue weighted by atomic mass is 16.5. The Morgan fingerprint density at radius 2 is 1.89 bits per heavy atom. The minimum atomic E-state index is 0.0968. The van der Waals surface area contributed by atoms with Crippen molar-refractivity contribution in [2.24, 2.45) is 5.73 Å². The average Bonchev–Trinajstić information content (AvgIpc) is 2.47. The van der Waals surface area contributed by atoms with Crippen LogP contribution >= 0.6 is 0 Å². The van der Waals surface area contributed by atoms with Gasteiger partial charge in [0.05, 0.1) is 13.2 Å². The molecule has 0 spiro atoms.